The maximum atomic E-state index is 11.7. The molecule has 0 bridgehead atoms. The van der Waals surface area contributed by atoms with Gasteiger partial charge in [-0.2, -0.15) is 0 Å². The molecule has 0 aromatic heterocycles. The van der Waals surface area contributed by atoms with E-state index in [2.05, 4.69) is 24.1 Å². The van der Waals surface area contributed by atoms with Gasteiger partial charge in [0.15, 0.2) is 0 Å². The zero-order valence-corrected chi connectivity index (χ0v) is 9.29. The third kappa shape index (κ3) is 3.91. The Balaban J connectivity index is 2.10. The number of hydrogen-bond donors (Lipinski definition) is 2. The first-order valence-electron chi connectivity index (χ1n) is 5.46. The number of carbonyl (C=O) groups excluding carboxylic acids is 1. The molecule has 2 atom stereocenters. The minimum Gasteiger partial charge on any atom is -0.502 e. The fourth-order valence-electron chi connectivity index (χ4n) is 1.74. The van der Waals surface area contributed by atoms with E-state index in [9.17, 15) is 4.79 Å². The van der Waals surface area contributed by atoms with Crippen LogP contribution < -0.4 is 10.6 Å². The van der Waals surface area contributed by atoms with E-state index in [0.717, 1.165) is 19.5 Å². The maximum absolute atomic E-state index is 11.7. The topological polar surface area (TPSA) is 50.4 Å². The predicted molar refractivity (Wildman–Crippen MR) is 59.3 cm³/mol. The van der Waals surface area contributed by atoms with Gasteiger partial charge in [0.2, 0.25) is 5.91 Å². The lowest BCUT2D eigenvalue weighted by atomic mass is 9.97. The number of amides is 1. The zero-order valence-electron chi connectivity index (χ0n) is 9.29. The monoisotopic (exact) mass is 212 g/mol. The molecule has 2 N–H and O–H groups in total. The summed E-state index contributed by atoms with van der Waals surface area (Å²) < 4.78 is 4.96. The molecule has 4 heteroatoms. The van der Waals surface area contributed by atoms with E-state index in [1.54, 1.807) is 0 Å². The second-order valence-electron chi connectivity index (χ2n) is 3.92. The number of carbonyl (C=O) groups is 1. The molecule has 1 aliphatic heterocycles. The summed E-state index contributed by atoms with van der Waals surface area (Å²) in [6.07, 6.45) is 2.25. The zero-order chi connectivity index (χ0) is 11.1. The molecular formula is C11H20N2O2. The van der Waals surface area contributed by atoms with Gasteiger partial charge in [0.05, 0.1) is 18.8 Å². The highest BCUT2D eigenvalue weighted by molar-refractivity contribution is 5.79. The first-order valence-corrected chi connectivity index (χ1v) is 5.46. The molecule has 15 heavy (non-hydrogen) atoms. The van der Waals surface area contributed by atoms with Crippen LogP contribution in [0.15, 0.2) is 12.8 Å². The van der Waals surface area contributed by atoms with Crippen LogP contribution in [-0.2, 0) is 9.53 Å². The molecule has 0 saturated carbocycles. The maximum Gasteiger partial charge on any atom is 0.224 e. The minimum atomic E-state index is 0.130. The van der Waals surface area contributed by atoms with Gasteiger partial charge in [-0.3, -0.25) is 4.79 Å². The van der Waals surface area contributed by atoms with E-state index < -0.39 is 0 Å². The summed E-state index contributed by atoms with van der Waals surface area (Å²) in [6.45, 7) is 8.58. The first-order chi connectivity index (χ1) is 7.25. The largest absolute Gasteiger partial charge is 0.502 e. The van der Waals surface area contributed by atoms with Gasteiger partial charge in [-0.25, -0.2) is 0 Å². The van der Waals surface area contributed by atoms with Crippen molar-refractivity contribution >= 4 is 5.91 Å². The van der Waals surface area contributed by atoms with Crippen molar-refractivity contribution in [1.82, 2.24) is 10.6 Å². The van der Waals surface area contributed by atoms with E-state index in [-0.39, 0.29) is 11.8 Å². The van der Waals surface area contributed by atoms with Crippen molar-refractivity contribution in [2.24, 2.45) is 11.8 Å². The highest BCUT2D eigenvalue weighted by atomic mass is 16.5. The lowest BCUT2D eigenvalue weighted by molar-refractivity contribution is -0.125. The Morgan fingerprint density at radius 3 is 3.07 bits per heavy atom. The van der Waals surface area contributed by atoms with Crippen molar-refractivity contribution in [1.29, 1.82) is 0 Å². The Labute approximate surface area is 91.1 Å². The van der Waals surface area contributed by atoms with Crippen LogP contribution in [0, 0.1) is 11.8 Å². The molecule has 0 aliphatic carbocycles. The normalized spacial score (nSPS) is 24.9. The van der Waals surface area contributed by atoms with E-state index in [1.807, 2.05) is 0 Å². The molecule has 4 nitrogen and oxygen atoms in total. The van der Waals surface area contributed by atoms with Crippen LogP contribution in [0.4, 0.5) is 0 Å². The molecule has 0 spiro atoms. The van der Waals surface area contributed by atoms with Crippen LogP contribution in [-0.4, -0.2) is 32.1 Å². The standard InChI is InChI=1S/C11H20N2O2/c1-3-15-6-4-5-13-11(14)10-8-12-7-9(10)2/h3,9-10,12H,1,4-8H2,2H3,(H,13,14)/t9-,10-/m1/s1. The van der Waals surface area contributed by atoms with E-state index >= 15 is 0 Å². The van der Waals surface area contributed by atoms with Crippen LogP contribution in [0.3, 0.4) is 0 Å². The third-order valence-corrected chi connectivity index (χ3v) is 2.71. The Hall–Kier alpha value is -1.03. The molecule has 0 aromatic rings. The van der Waals surface area contributed by atoms with E-state index in [1.165, 1.54) is 6.26 Å². The first kappa shape index (κ1) is 12.0. The van der Waals surface area contributed by atoms with Gasteiger partial charge >= 0.3 is 0 Å². The summed E-state index contributed by atoms with van der Waals surface area (Å²) in [7, 11) is 0. The molecule has 1 amide bonds. The molecule has 1 heterocycles. The highest BCUT2D eigenvalue weighted by Gasteiger charge is 2.28. The third-order valence-electron chi connectivity index (χ3n) is 2.71. The van der Waals surface area contributed by atoms with Gasteiger partial charge < -0.3 is 15.4 Å². The minimum absolute atomic E-state index is 0.130. The molecule has 86 valence electrons. The number of rotatable bonds is 6. The Kier molecular flexibility index (Phi) is 5.18. The quantitative estimate of drug-likeness (QED) is 0.498. The second-order valence-corrected chi connectivity index (χ2v) is 3.92. The molecule has 1 fully saturated rings. The van der Waals surface area contributed by atoms with E-state index in [0.29, 0.717) is 19.1 Å². The Bertz CT molecular complexity index is 219. The van der Waals surface area contributed by atoms with Gasteiger partial charge in [-0.05, 0) is 18.9 Å². The highest BCUT2D eigenvalue weighted by Crippen LogP contribution is 2.15. The van der Waals surface area contributed by atoms with Crippen molar-refractivity contribution in [3.63, 3.8) is 0 Å². The average molecular weight is 212 g/mol. The molecule has 0 unspecified atom stereocenters. The van der Waals surface area contributed by atoms with Crippen LogP contribution in [0.25, 0.3) is 0 Å². The van der Waals surface area contributed by atoms with Crippen LogP contribution in [0.5, 0.6) is 0 Å². The van der Waals surface area contributed by atoms with Gasteiger partial charge in [-0.1, -0.05) is 13.5 Å². The van der Waals surface area contributed by atoms with E-state index in [4.69, 9.17) is 4.74 Å². The van der Waals surface area contributed by atoms with Gasteiger partial charge in [-0.15, -0.1) is 0 Å². The fourth-order valence-corrected chi connectivity index (χ4v) is 1.74. The number of nitrogens with one attached hydrogen (secondary N) is 2. The van der Waals surface area contributed by atoms with Crippen LogP contribution >= 0.6 is 0 Å². The SMILES string of the molecule is C=COCCCNC(=O)[C@@H]1CNC[C@H]1C. The molecule has 0 radical (unpaired) electrons. The summed E-state index contributed by atoms with van der Waals surface area (Å²) in [4.78, 5) is 11.7. The summed E-state index contributed by atoms with van der Waals surface area (Å²) in [6, 6.07) is 0. The Morgan fingerprint density at radius 1 is 1.67 bits per heavy atom. The summed E-state index contributed by atoms with van der Waals surface area (Å²) >= 11 is 0. The fraction of sp³-hybridized carbons (Fsp3) is 0.727. The van der Waals surface area contributed by atoms with Crippen LogP contribution in [0.2, 0.25) is 0 Å². The van der Waals surface area contributed by atoms with Gasteiger partial charge in [0.25, 0.3) is 0 Å². The van der Waals surface area contributed by atoms with Crippen LogP contribution in [0.1, 0.15) is 13.3 Å². The predicted octanol–water partition coefficient (Wildman–Crippen LogP) is 0.508. The molecule has 1 aliphatic rings. The average Bonchev–Trinajstić information content (AvgIpc) is 2.64. The lowest BCUT2D eigenvalue weighted by Crippen LogP contribution is -2.35. The summed E-state index contributed by atoms with van der Waals surface area (Å²) in [5, 5.41) is 6.14. The second kappa shape index (κ2) is 6.45. The molecule has 1 saturated heterocycles. The van der Waals surface area contributed by atoms with Crippen molar-refractivity contribution in [3.05, 3.63) is 12.8 Å². The summed E-state index contributed by atoms with van der Waals surface area (Å²) in [5.74, 6) is 0.728. The smallest absolute Gasteiger partial charge is 0.224 e. The molecular weight excluding hydrogens is 192 g/mol. The molecule has 0 aromatic carbocycles. The Morgan fingerprint density at radius 2 is 2.47 bits per heavy atom. The summed E-state index contributed by atoms with van der Waals surface area (Å²) in [5.41, 5.74) is 0. The lowest BCUT2D eigenvalue weighted by Gasteiger charge is -2.13. The van der Waals surface area contributed by atoms with Crippen molar-refractivity contribution < 1.29 is 9.53 Å². The van der Waals surface area contributed by atoms with Gasteiger partial charge in [0.1, 0.15) is 0 Å². The number of hydrogen-bond acceptors (Lipinski definition) is 3. The molecule has 1 rings (SSSR count). The van der Waals surface area contributed by atoms with Crippen molar-refractivity contribution in [2.45, 2.75) is 13.3 Å². The van der Waals surface area contributed by atoms with Gasteiger partial charge in [0, 0.05) is 13.1 Å². The van der Waals surface area contributed by atoms with Crippen molar-refractivity contribution in [2.75, 3.05) is 26.2 Å². The number of ether oxygens (including phenoxy) is 1. The van der Waals surface area contributed by atoms with Crippen molar-refractivity contribution in [3.8, 4) is 0 Å².